The molecule has 2 aromatic rings. The number of nitrogens with zero attached hydrogens (tertiary/aromatic N) is 4. The van der Waals surface area contributed by atoms with Crippen LogP contribution < -0.4 is 5.32 Å². The van der Waals surface area contributed by atoms with E-state index in [1.807, 2.05) is 0 Å². The molecule has 180 valence electrons. The minimum atomic E-state index is -2.49. The fourth-order valence-electron chi connectivity index (χ4n) is 5.27. The molecule has 33 heavy (non-hydrogen) atoms. The number of fused-ring (bicyclic) bond motifs is 1. The van der Waals surface area contributed by atoms with Gasteiger partial charge in [0.2, 0.25) is 17.7 Å². The van der Waals surface area contributed by atoms with Gasteiger partial charge in [0.15, 0.2) is 5.82 Å². The number of thiazole rings is 1. The Hall–Kier alpha value is -1.94. The highest BCUT2D eigenvalue weighted by Gasteiger charge is 2.47. The van der Waals surface area contributed by atoms with E-state index in [-0.39, 0.29) is 37.1 Å². The van der Waals surface area contributed by atoms with E-state index in [4.69, 9.17) is 9.51 Å². The molecule has 5 rings (SSSR count). The highest BCUT2D eigenvalue weighted by atomic mass is 32.1. The number of carbonyl (C=O) groups excluding carboxylic acids is 1. The van der Waals surface area contributed by atoms with Crippen molar-refractivity contribution in [3.63, 3.8) is 0 Å². The van der Waals surface area contributed by atoms with E-state index < -0.39 is 5.92 Å². The lowest BCUT2D eigenvalue weighted by Gasteiger charge is -2.33. The number of amides is 1. The van der Waals surface area contributed by atoms with Crippen molar-refractivity contribution >= 4 is 17.2 Å². The van der Waals surface area contributed by atoms with Crippen LogP contribution in [0.2, 0.25) is 0 Å². The zero-order valence-corrected chi connectivity index (χ0v) is 19.8. The van der Waals surface area contributed by atoms with E-state index in [1.165, 1.54) is 4.88 Å². The van der Waals surface area contributed by atoms with Gasteiger partial charge in [0.05, 0.1) is 17.1 Å². The molecule has 0 spiro atoms. The molecular weight excluding hydrogens is 448 g/mol. The molecule has 0 unspecified atom stereocenters. The van der Waals surface area contributed by atoms with Gasteiger partial charge in [0.1, 0.15) is 0 Å². The van der Waals surface area contributed by atoms with Crippen molar-refractivity contribution in [1.82, 2.24) is 25.3 Å². The summed E-state index contributed by atoms with van der Waals surface area (Å²) < 4.78 is 31.3. The van der Waals surface area contributed by atoms with Crippen molar-refractivity contribution < 1.29 is 18.1 Å². The number of nitrogens with one attached hydrogen (secondary N) is 1. The van der Waals surface area contributed by atoms with E-state index >= 15 is 0 Å². The monoisotopic (exact) mass is 479 g/mol. The summed E-state index contributed by atoms with van der Waals surface area (Å²) in [5, 5.41) is 7.81. The van der Waals surface area contributed by atoms with Crippen LogP contribution in [-0.4, -0.2) is 51.0 Å². The maximum atomic E-state index is 13.2. The van der Waals surface area contributed by atoms with Crippen molar-refractivity contribution in [3.05, 3.63) is 27.3 Å². The zero-order valence-electron chi connectivity index (χ0n) is 19.0. The first-order valence-corrected chi connectivity index (χ1v) is 12.8. The topological polar surface area (TPSA) is 84.2 Å². The maximum absolute atomic E-state index is 13.2. The zero-order chi connectivity index (χ0) is 23.0. The van der Waals surface area contributed by atoms with Crippen molar-refractivity contribution in [2.75, 3.05) is 13.1 Å². The second-order valence-corrected chi connectivity index (χ2v) is 11.0. The summed E-state index contributed by atoms with van der Waals surface area (Å²) in [6.45, 7) is 4.63. The van der Waals surface area contributed by atoms with Gasteiger partial charge in [-0.2, -0.15) is 4.98 Å². The second kappa shape index (κ2) is 9.37. The first kappa shape index (κ1) is 22.8. The van der Waals surface area contributed by atoms with Gasteiger partial charge in [-0.15, -0.1) is 11.3 Å². The quantitative estimate of drug-likeness (QED) is 0.646. The molecule has 3 heterocycles. The number of aryl methyl sites for hydroxylation is 1. The fraction of sp³-hybridized carbons (Fsp3) is 0.739. The molecule has 3 aliphatic rings. The highest BCUT2D eigenvalue weighted by Crippen LogP contribution is 2.49. The molecule has 2 aliphatic carbocycles. The molecule has 0 radical (unpaired) electrons. The van der Waals surface area contributed by atoms with Crippen LogP contribution >= 0.6 is 11.3 Å². The van der Waals surface area contributed by atoms with E-state index in [0.29, 0.717) is 17.6 Å². The Bertz CT molecular complexity index is 977. The lowest BCUT2D eigenvalue weighted by Crippen LogP contribution is -2.39. The van der Waals surface area contributed by atoms with Crippen molar-refractivity contribution in [2.45, 2.75) is 89.1 Å². The predicted octanol–water partition coefficient (Wildman–Crippen LogP) is 4.01. The molecule has 0 bridgehead atoms. The summed E-state index contributed by atoms with van der Waals surface area (Å²) >= 11 is 1.66. The molecule has 2 aromatic heterocycles. The van der Waals surface area contributed by atoms with Crippen molar-refractivity contribution in [2.24, 2.45) is 5.92 Å². The Balaban J connectivity index is 1.02. The van der Waals surface area contributed by atoms with Gasteiger partial charge < -0.3 is 9.84 Å². The van der Waals surface area contributed by atoms with Crippen LogP contribution in [0.15, 0.2) is 4.52 Å². The average molecular weight is 480 g/mol. The lowest BCUT2D eigenvalue weighted by molar-refractivity contribution is -0.121. The Kier molecular flexibility index (Phi) is 6.48. The summed E-state index contributed by atoms with van der Waals surface area (Å²) in [5.74, 6) is -0.990. The van der Waals surface area contributed by atoms with Gasteiger partial charge in [0, 0.05) is 49.7 Å². The summed E-state index contributed by atoms with van der Waals surface area (Å²) in [4.78, 5) is 24.8. The summed E-state index contributed by atoms with van der Waals surface area (Å²) in [6, 6.07) is 0.228. The van der Waals surface area contributed by atoms with Gasteiger partial charge in [-0.25, -0.2) is 13.8 Å². The number of rotatable bonds is 7. The van der Waals surface area contributed by atoms with Gasteiger partial charge in [-0.3, -0.25) is 9.69 Å². The van der Waals surface area contributed by atoms with Crippen molar-refractivity contribution in [1.29, 1.82) is 0 Å². The van der Waals surface area contributed by atoms with Crippen LogP contribution in [0.25, 0.3) is 0 Å². The standard InChI is InChI=1S/C23H31F2N5O2S/c1-14-26-20(29-32-14)10-21(31)27-17-4-2-15(3-5-17)6-8-30-9-7-19-18(13-30)28-22(33-19)16-11-23(24,25)12-16/h15-17H,2-13H2,1H3,(H,27,31). The van der Waals surface area contributed by atoms with Gasteiger partial charge >= 0.3 is 0 Å². The van der Waals surface area contributed by atoms with E-state index in [0.717, 1.165) is 68.9 Å². The van der Waals surface area contributed by atoms with E-state index in [1.54, 1.807) is 18.3 Å². The van der Waals surface area contributed by atoms with E-state index in [2.05, 4.69) is 20.4 Å². The van der Waals surface area contributed by atoms with Gasteiger partial charge in [0.25, 0.3) is 0 Å². The molecular formula is C23H31F2N5O2S. The third kappa shape index (κ3) is 5.59. The van der Waals surface area contributed by atoms with Crippen LogP contribution in [-0.2, 0) is 24.2 Å². The number of halogens is 2. The minimum absolute atomic E-state index is 0.0387. The molecule has 0 aromatic carbocycles. The Morgan fingerprint density at radius 2 is 2.03 bits per heavy atom. The Labute approximate surface area is 196 Å². The first-order chi connectivity index (χ1) is 15.8. The summed E-state index contributed by atoms with van der Waals surface area (Å²) in [5.41, 5.74) is 1.11. The SMILES string of the molecule is Cc1nc(CC(=O)NC2CCC(CCN3CCc4sc(C5CC(F)(F)C5)nc4C3)CC2)no1. The maximum Gasteiger partial charge on any atom is 0.249 e. The second-order valence-electron chi connectivity index (χ2n) is 9.89. The first-order valence-electron chi connectivity index (χ1n) is 12.0. The predicted molar refractivity (Wildman–Crippen MR) is 119 cm³/mol. The molecule has 0 atom stereocenters. The largest absolute Gasteiger partial charge is 0.353 e. The number of aromatic nitrogens is 3. The Morgan fingerprint density at radius 3 is 2.73 bits per heavy atom. The van der Waals surface area contributed by atoms with Crippen molar-refractivity contribution in [3.8, 4) is 0 Å². The van der Waals surface area contributed by atoms with E-state index in [9.17, 15) is 13.6 Å². The number of hydrogen-bond donors (Lipinski definition) is 1. The number of alkyl halides is 2. The van der Waals surface area contributed by atoms with Crippen LogP contribution in [0, 0.1) is 12.8 Å². The van der Waals surface area contributed by atoms with Gasteiger partial charge in [-0.05, 0) is 51.0 Å². The lowest BCUT2D eigenvalue weighted by atomic mass is 9.82. The van der Waals surface area contributed by atoms with Crippen LogP contribution in [0.1, 0.15) is 78.2 Å². The molecule has 2 saturated carbocycles. The number of carbonyl (C=O) groups is 1. The molecule has 0 saturated heterocycles. The molecule has 7 nitrogen and oxygen atoms in total. The molecule has 2 fully saturated rings. The Morgan fingerprint density at radius 1 is 1.24 bits per heavy atom. The minimum Gasteiger partial charge on any atom is -0.353 e. The fourth-order valence-corrected chi connectivity index (χ4v) is 6.43. The van der Waals surface area contributed by atoms with Crippen LogP contribution in [0.4, 0.5) is 8.78 Å². The van der Waals surface area contributed by atoms with Crippen LogP contribution in [0.5, 0.6) is 0 Å². The normalized spacial score (nSPS) is 25.4. The van der Waals surface area contributed by atoms with Gasteiger partial charge in [-0.1, -0.05) is 5.16 Å². The van der Waals surface area contributed by atoms with Crippen LogP contribution in [0.3, 0.4) is 0 Å². The third-order valence-electron chi connectivity index (χ3n) is 7.22. The summed E-state index contributed by atoms with van der Waals surface area (Å²) in [6.07, 6.45) is 6.49. The number of hydrogen-bond acceptors (Lipinski definition) is 7. The molecule has 1 aliphatic heterocycles. The molecule has 1 amide bonds. The third-order valence-corrected chi connectivity index (χ3v) is 8.54. The molecule has 1 N–H and O–H groups in total. The molecule has 10 heteroatoms. The summed E-state index contributed by atoms with van der Waals surface area (Å²) in [7, 11) is 0. The highest BCUT2D eigenvalue weighted by molar-refractivity contribution is 7.11. The smallest absolute Gasteiger partial charge is 0.249 e. The average Bonchev–Trinajstić information content (AvgIpc) is 3.36.